The fourth-order valence-electron chi connectivity index (χ4n) is 3.10. The number of hydrogen-bond donors (Lipinski definition) is 1. The molecule has 26 heavy (non-hydrogen) atoms. The predicted molar refractivity (Wildman–Crippen MR) is 87.5 cm³/mol. The number of alkyl halides is 3. The standard InChI is InChI=1S/C19H16F3NO3/c20-19(21,22)13-3-1-2-11(8-13)14-10-15(14)23-18(24)12-4-5-16-17(9-12)26-7-6-25-16/h1-5,8-9,14-15H,6-7,10H2,(H,23,24)/t14-,15+/m0/s1. The molecule has 1 heterocycles. The van der Waals surface area contributed by atoms with E-state index in [0.717, 1.165) is 12.1 Å². The molecule has 136 valence electrons. The summed E-state index contributed by atoms with van der Waals surface area (Å²) in [6, 6.07) is 10.0. The van der Waals surface area contributed by atoms with E-state index in [1.807, 2.05) is 0 Å². The molecule has 0 bridgehead atoms. The second-order valence-corrected chi connectivity index (χ2v) is 6.40. The van der Waals surface area contributed by atoms with Crippen molar-refractivity contribution in [2.75, 3.05) is 13.2 Å². The summed E-state index contributed by atoms with van der Waals surface area (Å²) in [6.45, 7) is 0.900. The van der Waals surface area contributed by atoms with Crippen LogP contribution in [0.5, 0.6) is 11.5 Å². The van der Waals surface area contributed by atoms with Crippen LogP contribution in [0.2, 0.25) is 0 Å². The average molecular weight is 363 g/mol. The van der Waals surface area contributed by atoms with Crippen molar-refractivity contribution in [1.82, 2.24) is 5.32 Å². The van der Waals surface area contributed by atoms with E-state index >= 15 is 0 Å². The van der Waals surface area contributed by atoms with Crippen molar-refractivity contribution in [3.8, 4) is 11.5 Å². The molecule has 4 nitrogen and oxygen atoms in total. The summed E-state index contributed by atoms with van der Waals surface area (Å²) in [7, 11) is 0. The third kappa shape index (κ3) is 3.34. The van der Waals surface area contributed by atoms with E-state index in [-0.39, 0.29) is 17.9 Å². The predicted octanol–water partition coefficient (Wildman–Crippen LogP) is 3.76. The normalized spacial score (nSPS) is 21.2. The number of halogens is 3. The highest BCUT2D eigenvalue weighted by Crippen LogP contribution is 2.42. The highest BCUT2D eigenvalue weighted by atomic mass is 19.4. The number of carbonyl (C=O) groups excluding carboxylic acids is 1. The van der Waals surface area contributed by atoms with Gasteiger partial charge in [0.1, 0.15) is 13.2 Å². The molecule has 1 amide bonds. The Labute approximate surface area is 147 Å². The Morgan fingerprint density at radius 3 is 2.58 bits per heavy atom. The molecule has 1 saturated carbocycles. The van der Waals surface area contributed by atoms with Crippen LogP contribution in [0, 0.1) is 0 Å². The highest BCUT2D eigenvalue weighted by molar-refractivity contribution is 5.95. The molecule has 7 heteroatoms. The van der Waals surface area contributed by atoms with Crippen molar-refractivity contribution in [1.29, 1.82) is 0 Å². The van der Waals surface area contributed by atoms with Crippen LogP contribution in [0.1, 0.15) is 33.8 Å². The van der Waals surface area contributed by atoms with Crippen molar-refractivity contribution >= 4 is 5.91 Å². The lowest BCUT2D eigenvalue weighted by Crippen LogP contribution is -2.27. The smallest absolute Gasteiger partial charge is 0.416 e. The molecule has 0 aromatic heterocycles. The zero-order valence-corrected chi connectivity index (χ0v) is 13.7. The number of benzene rings is 2. The first-order chi connectivity index (χ1) is 12.4. The second-order valence-electron chi connectivity index (χ2n) is 6.40. The number of rotatable bonds is 3. The molecule has 2 aromatic carbocycles. The van der Waals surface area contributed by atoms with Crippen molar-refractivity contribution in [3.63, 3.8) is 0 Å². The van der Waals surface area contributed by atoms with Crippen molar-refractivity contribution in [2.24, 2.45) is 0 Å². The number of fused-ring (bicyclic) bond motifs is 1. The molecule has 2 atom stereocenters. The topological polar surface area (TPSA) is 47.6 Å². The first-order valence-corrected chi connectivity index (χ1v) is 8.29. The molecule has 0 radical (unpaired) electrons. The monoisotopic (exact) mass is 363 g/mol. The Kier molecular flexibility index (Phi) is 4.01. The van der Waals surface area contributed by atoms with Crippen LogP contribution in [0.4, 0.5) is 13.2 Å². The van der Waals surface area contributed by atoms with Crippen LogP contribution in [0.3, 0.4) is 0 Å². The Hall–Kier alpha value is -2.70. The summed E-state index contributed by atoms with van der Waals surface area (Å²) in [6.07, 6.45) is -3.74. The molecule has 1 aliphatic heterocycles. The van der Waals surface area contributed by atoms with Crippen LogP contribution >= 0.6 is 0 Å². The maximum Gasteiger partial charge on any atom is 0.416 e. The van der Waals surface area contributed by atoms with Crippen molar-refractivity contribution < 1.29 is 27.4 Å². The zero-order valence-electron chi connectivity index (χ0n) is 13.7. The van der Waals surface area contributed by atoms with Crippen LogP contribution in [-0.4, -0.2) is 25.2 Å². The van der Waals surface area contributed by atoms with Gasteiger partial charge in [-0.2, -0.15) is 13.2 Å². The van der Waals surface area contributed by atoms with Gasteiger partial charge in [0.05, 0.1) is 5.56 Å². The van der Waals surface area contributed by atoms with Crippen LogP contribution in [0.15, 0.2) is 42.5 Å². The Balaban J connectivity index is 1.43. The van der Waals surface area contributed by atoms with Gasteiger partial charge in [0.2, 0.25) is 0 Å². The summed E-state index contributed by atoms with van der Waals surface area (Å²) >= 11 is 0. The first kappa shape index (κ1) is 16.8. The van der Waals surface area contributed by atoms with Crippen molar-refractivity contribution in [3.05, 3.63) is 59.2 Å². The molecular formula is C19H16F3NO3. The van der Waals surface area contributed by atoms with E-state index < -0.39 is 11.7 Å². The van der Waals surface area contributed by atoms with E-state index in [4.69, 9.17) is 9.47 Å². The second kappa shape index (κ2) is 6.23. The summed E-state index contributed by atoms with van der Waals surface area (Å²) in [4.78, 5) is 12.4. The molecule has 1 fully saturated rings. The van der Waals surface area contributed by atoms with Gasteiger partial charge < -0.3 is 14.8 Å². The van der Waals surface area contributed by atoms with Crippen LogP contribution in [-0.2, 0) is 6.18 Å². The zero-order chi connectivity index (χ0) is 18.3. The number of carbonyl (C=O) groups is 1. The third-order valence-corrected chi connectivity index (χ3v) is 4.55. The van der Waals surface area contributed by atoms with E-state index in [1.165, 1.54) is 6.07 Å². The number of hydrogen-bond acceptors (Lipinski definition) is 3. The summed E-state index contributed by atoms with van der Waals surface area (Å²) in [5.41, 5.74) is 0.357. The number of ether oxygens (including phenoxy) is 2. The summed E-state index contributed by atoms with van der Waals surface area (Å²) in [5, 5.41) is 2.87. The number of nitrogens with one attached hydrogen (secondary N) is 1. The van der Waals surface area contributed by atoms with Crippen LogP contribution in [0.25, 0.3) is 0 Å². The Morgan fingerprint density at radius 2 is 1.81 bits per heavy atom. The summed E-state index contributed by atoms with van der Waals surface area (Å²) in [5.74, 6) is 0.745. The molecule has 2 aromatic rings. The Morgan fingerprint density at radius 1 is 1.04 bits per heavy atom. The minimum absolute atomic E-state index is 0.0986. The van der Waals surface area contributed by atoms with Crippen LogP contribution < -0.4 is 14.8 Å². The lowest BCUT2D eigenvalue weighted by Gasteiger charge is -2.18. The summed E-state index contributed by atoms with van der Waals surface area (Å²) < 4.78 is 49.4. The van der Waals surface area contributed by atoms with Gasteiger partial charge in [-0.3, -0.25) is 4.79 Å². The molecule has 0 spiro atoms. The molecule has 1 aliphatic carbocycles. The van der Waals surface area contributed by atoms with Gasteiger partial charge in [0, 0.05) is 17.5 Å². The lowest BCUT2D eigenvalue weighted by molar-refractivity contribution is -0.137. The largest absolute Gasteiger partial charge is 0.486 e. The molecule has 0 unspecified atom stereocenters. The van der Waals surface area contributed by atoms with E-state index in [2.05, 4.69) is 5.32 Å². The minimum atomic E-state index is -4.37. The van der Waals surface area contributed by atoms with Gasteiger partial charge in [-0.1, -0.05) is 18.2 Å². The minimum Gasteiger partial charge on any atom is -0.486 e. The lowest BCUT2D eigenvalue weighted by atomic mass is 10.1. The highest BCUT2D eigenvalue weighted by Gasteiger charge is 2.41. The van der Waals surface area contributed by atoms with E-state index in [9.17, 15) is 18.0 Å². The quantitative estimate of drug-likeness (QED) is 0.903. The van der Waals surface area contributed by atoms with Gasteiger partial charge in [0.15, 0.2) is 11.5 Å². The molecule has 4 rings (SSSR count). The van der Waals surface area contributed by atoms with Crippen molar-refractivity contribution in [2.45, 2.75) is 24.6 Å². The fourth-order valence-corrected chi connectivity index (χ4v) is 3.10. The number of amides is 1. The maximum atomic E-state index is 12.8. The third-order valence-electron chi connectivity index (χ3n) is 4.55. The van der Waals surface area contributed by atoms with Gasteiger partial charge in [-0.15, -0.1) is 0 Å². The molecular weight excluding hydrogens is 347 g/mol. The SMILES string of the molecule is O=C(N[C@@H]1C[C@H]1c1cccc(C(F)(F)F)c1)c1ccc2c(c1)OCCO2. The van der Waals surface area contributed by atoms with Gasteiger partial charge in [-0.05, 0) is 36.2 Å². The molecule has 1 N–H and O–H groups in total. The van der Waals surface area contributed by atoms with Gasteiger partial charge in [-0.25, -0.2) is 0 Å². The van der Waals surface area contributed by atoms with E-state index in [1.54, 1.807) is 24.3 Å². The van der Waals surface area contributed by atoms with E-state index in [0.29, 0.717) is 42.3 Å². The molecule has 2 aliphatic rings. The van der Waals surface area contributed by atoms with Gasteiger partial charge >= 0.3 is 6.18 Å². The maximum absolute atomic E-state index is 12.8. The fraction of sp³-hybridized carbons (Fsp3) is 0.316. The van der Waals surface area contributed by atoms with Gasteiger partial charge in [0.25, 0.3) is 5.91 Å². The molecule has 0 saturated heterocycles. The average Bonchev–Trinajstić information content (AvgIpc) is 3.40. The Bertz CT molecular complexity index is 850. The first-order valence-electron chi connectivity index (χ1n) is 8.29.